The summed E-state index contributed by atoms with van der Waals surface area (Å²) in [5, 5.41) is 0. The van der Waals surface area contributed by atoms with Crippen LogP contribution in [0.5, 0.6) is 0 Å². The van der Waals surface area contributed by atoms with Crippen LogP contribution in [0, 0.1) is 0 Å². The van der Waals surface area contributed by atoms with E-state index in [1.165, 1.54) is 6.92 Å². The van der Waals surface area contributed by atoms with Crippen molar-refractivity contribution in [2.75, 3.05) is 0 Å². The molecule has 0 aromatic carbocycles. The van der Waals surface area contributed by atoms with Crippen LogP contribution in [0.4, 0.5) is 8.78 Å². The fourth-order valence-electron chi connectivity index (χ4n) is 1.15. The second-order valence-corrected chi connectivity index (χ2v) is 3.44. The van der Waals surface area contributed by atoms with Gasteiger partial charge in [0, 0.05) is 6.08 Å². The minimum atomic E-state index is -0.516. The highest BCUT2D eigenvalue weighted by molar-refractivity contribution is 5.34. The second kappa shape index (κ2) is 6.52. The Hall–Kier alpha value is -0.920. The monoisotopic (exact) mass is 200 g/mol. The van der Waals surface area contributed by atoms with E-state index in [-0.39, 0.29) is 0 Å². The van der Waals surface area contributed by atoms with Crippen LogP contribution in [0.25, 0.3) is 0 Å². The van der Waals surface area contributed by atoms with E-state index < -0.39 is 11.7 Å². The Labute approximate surface area is 85.0 Å². The maximum atomic E-state index is 13.4. The highest BCUT2D eigenvalue weighted by atomic mass is 19.1. The van der Waals surface area contributed by atoms with Crippen LogP contribution in [0.15, 0.2) is 35.5 Å². The first-order chi connectivity index (χ1) is 6.49. The molecular weight excluding hydrogens is 182 g/mol. The van der Waals surface area contributed by atoms with Gasteiger partial charge in [0.1, 0.15) is 5.83 Å². The van der Waals surface area contributed by atoms with Crippen LogP contribution >= 0.6 is 0 Å². The first-order valence-electron chi connectivity index (χ1n) is 4.87. The number of unbranched alkanes of at least 4 members (excludes halogenated alkanes) is 1. The molecule has 0 unspecified atom stereocenters. The van der Waals surface area contributed by atoms with Gasteiger partial charge >= 0.3 is 0 Å². The normalized spacial score (nSPS) is 13.9. The second-order valence-electron chi connectivity index (χ2n) is 3.44. The van der Waals surface area contributed by atoms with Gasteiger partial charge in [0.05, 0.1) is 5.83 Å². The van der Waals surface area contributed by atoms with Crippen LogP contribution in [-0.4, -0.2) is 0 Å². The van der Waals surface area contributed by atoms with Gasteiger partial charge in [0.2, 0.25) is 0 Å². The van der Waals surface area contributed by atoms with E-state index in [0.717, 1.165) is 18.9 Å². The van der Waals surface area contributed by atoms with Gasteiger partial charge in [-0.25, -0.2) is 8.78 Å². The minimum Gasteiger partial charge on any atom is -0.212 e. The first-order valence-corrected chi connectivity index (χ1v) is 4.87. The zero-order valence-corrected chi connectivity index (χ0v) is 9.16. The highest BCUT2D eigenvalue weighted by Gasteiger charge is 2.05. The van der Waals surface area contributed by atoms with E-state index in [1.807, 2.05) is 6.92 Å². The van der Waals surface area contributed by atoms with Crippen molar-refractivity contribution in [1.82, 2.24) is 0 Å². The molecule has 0 nitrogen and oxygen atoms in total. The molecule has 0 fully saturated rings. The van der Waals surface area contributed by atoms with Crippen molar-refractivity contribution in [3.05, 3.63) is 35.5 Å². The van der Waals surface area contributed by atoms with E-state index in [9.17, 15) is 8.78 Å². The standard InChI is InChI=1S/C12H18F2/c1-5-6-7-11(9(2)3)12(14)8-10(4)13/h8H,2,5-7H2,1,3-4H3/b10-8+,12-11+. The molecule has 0 spiro atoms. The average Bonchev–Trinajstić information content (AvgIpc) is 2.02. The lowest BCUT2D eigenvalue weighted by atomic mass is 10.0. The number of hydrogen-bond acceptors (Lipinski definition) is 0. The number of halogens is 2. The van der Waals surface area contributed by atoms with Gasteiger partial charge < -0.3 is 0 Å². The van der Waals surface area contributed by atoms with Gasteiger partial charge in [-0.15, -0.1) is 0 Å². The Morgan fingerprint density at radius 1 is 1.29 bits per heavy atom. The molecule has 0 amide bonds. The smallest absolute Gasteiger partial charge is 0.129 e. The average molecular weight is 200 g/mol. The molecule has 0 heterocycles. The fraction of sp³-hybridized carbons (Fsp3) is 0.500. The van der Waals surface area contributed by atoms with Gasteiger partial charge in [-0.05, 0) is 32.3 Å². The number of allylic oxidation sites excluding steroid dienone is 5. The van der Waals surface area contributed by atoms with E-state index >= 15 is 0 Å². The largest absolute Gasteiger partial charge is 0.212 e. The van der Waals surface area contributed by atoms with Crippen LogP contribution < -0.4 is 0 Å². The van der Waals surface area contributed by atoms with Crippen molar-refractivity contribution in [3.8, 4) is 0 Å². The lowest BCUT2D eigenvalue weighted by molar-refractivity contribution is 0.604. The van der Waals surface area contributed by atoms with Gasteiger partial charge in [-0.3, -0.25) is 0 Å². The summed E-state index contributed by atoms with van der Waals surface area (Å²) in [6, 6.07) is 0. The molecule has 80 valence electrons. The summed E-state index contributed by atoms with van der Waals surface area (Å²) in [4.78, 5) is 0. The highest BCUT2D eigenvalue weighted by Crippen LogP contribution is 2.22. The Morgan fingerprint density at radius 2 is 1.86 bits per heavy atom. The molecule has 0 radical (unpaired) electrons. The molecule has 0 saturated heterocycles. The molecule has 0 N–H and O–H groups in total. The summed E-state index contributed by atoms with van der Waals surface area (Å²) in [6.07, 6.45) is 3.43. The van der Waals surface area contributed by atoms with E-state index in [0.29, 0.717) is 17.6 Å². The van der Waals surface area contributed by atoms with Gasteiger partial charge in [-0.2, -0.15) is 0 Å². The first kappa shape index (κ1) is 13.1. The molecule has 0 aliphatic heterocycles. The lowest BCUT2D eigenvalue weighted by Crippen LogP contribution is -1.89. The number of hydrogen-bond donors (Lipinski definition) is 0. The van der Waals surface area contributed by atoms with Crippen LogP contribution in [0.2, 0.25) is 0 Å². The zero-order valence-electron chi connectivity index (χ0n) is 9.16. The van der Waals surface area contributed by atoms with Crippen molar-refractivity contribution in [2.45, 2.75) is 40.0 Å². The van der Waals surface area contributed by atoms with Crippen molar-refractivity contribution >= 4 is 0 Å². The molecule has 0 atom stereocenters. The quantitative estimate of drug-likeness (QED) is 0.556. The number of rotatable bonds is 5. The molecular formula is C12H18F2. The van der Waals surface area contributed by atoms with Crippen molar-refractivity contribution < 1.29 is 8.78 Å². The molecule has 2 heteroatoms. The summed E-state index contributed by atoms with van der Waals surface area (Å²) in [5.74, 6) is -1.01. The van der Waals surface area contributed by atoms with E-state index in [4.69, 9.17) is 0 Å². The van der Waals surface area contributed by atoms with Crippen molar-refractivity contribution in [2.24, 2.45) is 0 Å². The van der Waals surface area contributed by atoms with Gasteiger partial charge in [0.25, 0.3) is 0 Å². The predicted molar refractivity (Wildman–Crippen MR) is 57.3 cm³/mol. The Kier molecular flexibility index (Phi) is 6.09. The molecule has 0 rings (SSSR count). The van der Waals surface area contributed by atoms with E-state index in [1.54, 1.807) is 6.92 Å². The Bertz CT molecular complexity index is 255. The maximum absolute atomic E-state index is 13.4. The van der Waals surface area contributed by atoms with Gasteiger partial charge in [-0.1, -0.05) is 25.5 Å². The lowest BCUT2D eigenvalue weighted by Gasteiger charge is -2.06. The SMILES string of the molecule is C=C(C)/C(CCCC)=C(F)\C=C(/C)F. The molecule has 14 heavy (non-hydrogen) atoms. The predicted octanol–water partition coefficient (Wildman–Crippen LogP) is 4.85. The fourth-order valence-corrected chi connectivity index (χ4v) is 1.15. The molecule has 0 aromatic heterocycles. The summed E-state index contributed by atoms with van der Waals surface area (Å²) in [6.45, 7) is 8.69. The Morgan fingerprint density at radius 3 is 2.21 bits per heavy atom. The zero-order chi connectivity index (χ0) is 11.1. The van der Waals surface area contributed by atoms with E-state index in [2.05, 4.69) is 6.58 Å². The maximum Gasteiger partial charge on any atom is 0.129 e. The molecule has 0 aromatic rings. The summed E-state index contributed by atoms with van der Waals surface area (Å²) in [5.41, 5.74) is 1.21. The van der Waals surface area contributed by atoms with Crippen molar-refractivity contribution in [1.29, 1.82) is 0 Å². The topological polar surface area (TPSA) is 0 Å². The van der Waals surface area contributed by atoms with Crippen LogP contribution in [-0.2, 0) is 0 Å². The third kappa shape index (κ3) is 4.95. The minimum absolute atomic E-state index is 0.494. The van der Waals surface area contributed by atoms with Crippen LogP contribution in [0.1, 0.15) is 40.0 Å². The molecule has 0 saturated carbocycles. The Balaban J connectivity index is 4.77. The van der Waals surface area contributed by atoms with Crippen molar-refractivity contribution in [3.63, 3.8) is 0 Å². The summed E-state index contributed by atoms with van der Waals surface area (Å²) in [7, 11) is 0. The third-order valence-corrected chi connectivity index (χ3v) is 1.91. The summed E-state index contributed by atoms with van der Waals surface area (Å²) < 4.78 is 25.8. The molecule has 0 aliphatic rings. The van der Waals surface area contributed by atoms with Crippen LogP contribution in [0.3, 0.4) is 0 Å². The van der Waals surface area contributed by atoms with Gasteiger partial charge in [0.15, 0.2) is 0 Å². The summed E-state index contributed by atoms with van der Waals surface area (Å²) >= 11 is 0. The molecule has 0 bridgehead atoms. The third-order valence-electron chi connectivity index (χ3n) is 1.91. The molecule has 0 aliphatic carbocycles.